The van der Waals surface area contributed by atoms with E-state index in [0.717, 1.165) is 17.5 Å². The SMILES string of the molecule is CCc1ccc([C@@H]2[C@@H](S(=O)(=O)c3ccc(C)cc3)[C@]2(N)C(=O)O)cc1. The molecule has 0 unspecified atom stereocenters. The standard InChI is InChI=1S/C19H21NO4S/c1-3-13-6-8-14(9-7-13)16-17(19(16,20)18(21)22)25(23,24)15-10-4-12(2)5-11-15/h4-11,16-17H,3,20H2,1-2H3,(H,21,22)/t16-,17-,19+/m1/s1. The number of rotatable bonds is 5. The third-order valence-corrected chi connectivity index (χ3v) is 7.24. The van der Waals surface area contributed by atoms with Crippen molar-refractivity contribution in [2.75, 3.05) is 0 Å². The molecule has 2 aromatic rings. The zero-order valence-electron chi connectivity index (χ0n) is 14.1. The molecule has 1 saturated carbocycles. The van der Waals surface area contributed by atoms with Gasteiger partial charge in [0.1, 0.15) is 10.8 Å². The maximum Gasteiger partial charge on any atom is 0.325 e. The quantitative estimate of drug-likeness (QED) is 0.853. The van der Waals surface area contributed by atoms with E-state index < -0.39 is 32.5 Å². The van der Waals surface area contributed by atoms with E-state index in [4.69, 9.17) is 5.73 Å². The topological polar surface area (TPSA) is 97.5 Å². The maximum atomic E-state index is 13.0. The predicted molar refractivity (Wildman–Crippen MR) is 95.3 cm³/mol. The van der Waals surface area contributed by atoms with Gasteiger partial charge in [-0.1, -0.05) is 48.9 Å². The highest BCUT2D eigenvalue weighted by atomic mass is 32.2. The van der Waals surface area contributed by atoms with Crippen molar-refractivity contribution in [1.29, 1.82) is 0 Å². The van der Waals surface area contributed by atoms with E-state index in [1.165, 1.54) is 12.1 Å². The molecule has 1 aliphatic carbocycles. The van der Waals surface area contributed by atoms with Crippen molar-refractivity contribution >= 4 is 15.8 Å². The molecule has 2 aromatic carbocycles. The van der Waals surface area contributed by atoms with E-state index in [0.29, 0.717) is 5.56 Å². The van der Waals surface area contributed by atoms with Crippen LogP contribution >= 0.6 is 0 Å². The van der Waals surface area contributed by atoms with Crippen LogP contribution in [-0.2, 0) is 21.1 Å². The predicted octanol–water partition coefficient (Wildman–Crippen LogP) is 2.28. The molecule has 132 valence electrons. The molecule has 0 spiro atoms. The highest BCUT2D eigenvalue weighted by Crippen LogP contribution is 2.55. The van der Waals surface area contributed by atoms with Crippen LogP contribution in [0.1, 0.15) is 29.5 Å². The molecule has 0 aliphatic heterocycles. The summed E-state index contributed by atoms with van der Waals surface area (Å²) in [4.78, 5) is 11.8. The summed E-state index contributed by atoms with van der Waals surface area (Å²) in [7, 11) is -3.85. The van der Waals surface area contributed by atoms with Crippen LogP contribution in [0, 0.1) is 6.92 Å². The average molecular weight is 359 g/mol. The third kappa shape index (κ3) is 2.75. The van der Waals surface area contributed by atoms with Crippen LogP contribution in [0.4, 0.5) is 0 Å². The number of carboxylic acids is 1. The first kappa shape index (κ1) is 17.6. The number of sulfone groups is 1. The lowest BCUT2D eigenvalue weighted by molar-refractivity contribution is -0.139. The fourth-order valence-corrected chi connectivity index (χ4v) is 5.58. The molecular weight excluding hydrogens is 338 g/mol. The van der Waals surface area contributed by atoms with Crippen LogP contribution in [0.25, 0.3) is 0 Å². The van der Waals surface area contributed by atoms with Crippen molar-refractivity contribution in [3.05, 3.63) is 65.2 Å². The zero-order chi connectivity index (χ0) is 18.4. The molecular formula is C19H21NO4S. The molecule has 25 heavy (non-hydrogen) atoms. The van der Waals surface area contributed by atoms with Crippen LogP contribution in [0.2, 0.25) is 0 Å². The molecule has 0 bridgehead atoms. The van der Waals surface area contributed by atoms with Gasteiger partial charge in [-0.25, -0.2) is 8.42 Å². The Morgan fingerprint density at radius 3 is 2.16 bits per heavy atom. The van der Waals surface area contributed by atoms with Crippen molar-refractivity contribution in [3.8, 4) is 0 Å². The summed E-state index contributed by atoms with van der Waals surface area (Å²) in [6.45, 7) is 3.87. The van der Waals surface area contributed by atoms with Gasteiger partial charge in [0.2, 0.25) is 0 Å². The van der Waals surface area contributed by atoms with Crippen LogP contribution in [0.15, 0.2) is 53.4 Å². The molecule has 1 aliphatic rings. The van der Waals surface area contributed by atoms with Gasteiger partial charge in [0.25, 0.3) is 0 Å². The van der Waals surface area contributed by atoms with E-state index in [1.807, 2.05) is 26.0 Å². The van der Waals surface area contributed by atoms with E-state index in [2.05, 4.69) is 0 Å². The lowest BCUT2D eigenvalue weighted by atomic mass is 10.0. The fourth-order valence-electron chi connectivity index (χ4n) is 3.35. The second-order valence-corrected chi connectivity index (χ2v) is 8.66. The van der Waals surface area contributed by atoms with Crippen molar-refractivity contribution in [2.24, 2.45) is 5.73 Å². The van der Waals surface area contributed by atoms with E-state index in [-0.39, 0.29) is 4.90 Å². The Balaban J connectivity index is 2.03. The lowest BCUT2D eigenvalue weighted by Gasteiger charge is -2.07. The largest absolute Gasteiger partial charge is 0.480 e. The van der Waals surface area contributed by atoms with Crippen molar-refractivity contribution in [2.45, 2.75) is 41.9 Å². The first-order chi connectivity index (χ1) is 11.7. The third-order valence-electron chi connectivity index (χ3n) is 4.98. The highest BCUT2D eigenvalue weighted by Gasteiger charge is 2.74. The number of carbonyl (C=O) groups is 1. The average Bonchev–Trinajstić information content (AvgIpc) is 3.24. The molecule has 0 radical (unpaired) electrons. The molecule has 3 N–H and O–H groups in total. The number of hydrogen-bond acceptors (Lipinski definition) is 4. The van der Waals surface area contributed by atoms with E-state index in [9.17, 15) is 18.3 Å². The number of carboxylic acid groups (broad SMARTS) is 1. The second kappa shape index (κ2) is 5.97. The van der Waals surface area contributed by atoms with Crippen molar-refractivity contribution in [3.63, 3.8) is 0 Å². The molecule has 6 heteroatoms. The Hall–Kier alpha value is -2.18. The smallest absolute Gasteiger partial charge is 0.325 e. The first-order valence-electron chi connectivity index (χ1n) is 8.14. The van der Waals surface area contributed by atoms with Gasteiger partial charge in [0, 0.05) is 5.92 Å². The van der Waals surface area contributed by atoms with Crippen LogP contribution in [0.3, 0.4) is 0 Å². The number of nitrogens with two attached hydrogens (primary N) is 1. The summed E-state index contributed by atoms with van der Waals surface area (Å²) in [6, 6.07) is 13.7. The molecule has 3 atom stereocenters. The normalized spacial score (nSPS) is 25.6. The molecule has 3 rings (SSSR count). The highest BCUT2D eigenvalue weighted by molar-refractivity contribution is 7.92. The second-order valence-electron chi connectivity index (χ2n) is 6.59. The zero-order valence-corrected chi connectivity index (χ0v) is 15.0. The Morgan fingerprint density at radius 2 is 1.68 bits per heavy atom. The first-order valence-corrected chi connectivity index (χ1v) is 9.69. The minimum atomic E-state index is -3.85. The van der Waals surface area contributed by atoms with Crippen LogP contribution in [-0.4, -0.2) is 30.3 Å². The number of hydrogen-bond donors (Lipinski definition) is 2. The molecule has 0 saturated heterocycles. The summed E-state index contributed by atoms with van der Waals surface area (Å²) in [6.07, 6.45) is 0.850. The Morgan fingerprint density at radius 1 is 1.12 bits per heavy atom. The number of aliphatic carboxylic acids is 1. The number of aryl methyl sites for hydroxylation is 2. The summed E-state index contributed by atoms with van der Waals surface area (Å²) >= 11 is 0. The van der Waals surface area contributed by atoms with Gasteiger partial charge in [0.15, 0.2) is 9.84 Å². The molecule has 0 heterocycles. The van der Waals surface area contributed by atoms with Crippen molar-refractivity contribution < 1.29 is 18.3 Å². The van der Waals surface area contributed by atoms with Crippen LogP contribution in [0.5, 0.6) is 0 Å². The van der Waals surface area contributed by atoms with Gasteiger partial charge in [0.05, 0.1) is 4.90 Å². The molecule has 0 amide bonds. The minimum Gasteiger partial charge on any atom is -0.480 e. The monoisotopic (exact) mass is 359 g/mol. The van der Waals surface area contributed by atoms with Gasteiger partial charge in [-0.15, -0.1) is 0 Å². The number of benzene rings is 2. The van der Waals surface area contributed by atoms with Gasteiger partial charge >= 0.3 is 5.97 Å². The minimum absolute atomic E-state index is 0.104. The van der Waals surface area contributed by atoms with Gasteiger partial charge in [-0.2, -0.15) is 0 Å². The Kier molecular flexibility index (Phi) is 4.21. The summed E-state index contributed by atoms with van der Waals surface area (Å²) in [5, 5.41) is 8.41. The molecule has 0 aromatic heterocycles. The Labute approximate surface area is 147 Å². The summed E-state index contributed by atoms with van der Waals surface area (Å²) in [5.41, 5.74) is 6.92. The Bertz CT molecular complexity index is 903. The fraction of sp³-hybridized carbons (Fsp3) is 0.316. The summed E-state index contributed by atoms with van der Waals surface area (Å²) < 4.78 is 26.0. The van der Waals surface area contributed by atoms with E-state index >= 15 is 0 Å². The molecule has 1 fully saturated rings. The summed E-state index contributed by atoms with van der Waals surface area (Å²) in [5.74, 6) is -2.06. The molecule has 5 nitrogen and oxygen atoms in total. The lowest BCUT2D eigenvalue weighted by Crippen LogP contribution is -2.39. The van der Waals surface area contributed by atoms with Crippen molar-refractivity contribution in [1.82, 2.24) is 0 Å². The van der Waals surface area contributed by atoms with Gasteiger partial charge in [-0.05, 0) is 36.6 Å². The van der Waals surface area contributed by atoms with Crippen LogP contribution < -0.4 is 5.73 Å². The van der Waals surface area contributed by atoms with Gasteiger partial charge in [-0.3, -0.25) is 4.79 Å². The van der Waals surface area contributed by atoms with Gasteiger partial charge < -0.3 is 10.8 Å². The maximum absolute atomic E-state index is 13.0. The van der Waals surface area contributed by atoms with E-state index in [1.54, 1.807) is 24.3 Å².